The summed E-state index contributed by atoms with van der Waals surface area (Å²) in [6.07, 6.45) is 1.71. The zero-order valence-electron chi connectivity index (χ0n) is 8.22. The van der Waals surface area contributed by atoms with Crippen LogP contribution < -0.4 is 5.73 Å². The van der Waals surface area contributed by atoms with Crippen molar-refractivity contribution in [1.82, 2.24) is 0 Å². The van der Waals surface area contributed by atoms with Crippen LogP contribution in [0.25, 0.3) is 6.08 Å². The molecule has 1 unspecified atom stereocenters. The van der Waals surface area contributed by atoms with Crippen molar-refractivity contribution >= 4 is 17.7 Å². The van der Waals surface area contributed by atoms with Crippen molar-refractivity contribution in [3.05, 3.63) is 40.2 Å². The first kappa shape index (κ1) is 11.2. The molecule has 76 valence electrons. The molecule has 0 saturated heterocycles. The highest BCUT2D eigenvalue weighted by Gasteiger charge is 2.04. The van der Waals surface area contributed by atoms with Gasteiger partial charge < -0.3 is 5.73 Å². The first-order chi connectivity index (χ1) is 6.52. The third kappa shape index (κ3) is 2.56. The van der Waals surface area contributed by atoms with E-state index < -0.39 is 5.82 Å². The summed E-state index contributed by atoms with van der Waals surface area (Å²) in [5.41, 5.74) is 7.05. The lowest BCUT2D eigenvalue weighted by Crippen LogP contribution is -2.15. The molecule has 1 atom stereocenters. The van der Waals surface area contributed by atoms with Gasteiger partial charge in [0.15, 0.2) is 0 Å². The predicted octanol–water partition coefficient (Wildman–Crippen LogP) is 3.23. The molecule has 1 aromatic carbocycles. The third-order valence-electron chi connectivity index (χ3n) is 2.08. The van der Waals surface area contributed by atoms with Gasteiger partial charge in [-0.2, -0.15) is 0 Å². The first-order valence-electron chi connectivity index (χ1n) is 4.40. The van der Waals surface area contributed by atoms with E-state index in [1.165, 1.54) is 6.07 Å². The van der Waals surface area contributed by atoms with Crippen LogP contribution in [0, 0.1) is 5.82 Å². The second kappa shape index (κ2) is 4.58. The predicted molar refractivity (Wildman–Crippen MR) is 58.7 cm³/mol. The van der Waals surface area contributed by atoms with E-state index in [9.17, 15) is 4.39 Å². The minimum Gasteiger partial charge on any atom is -0.324 e. The molecule has 0 spiro atoms. The Hall–Kier alpha value is -0.860. The highest BCUT2D eigenvalue weighted by atomic mass is 35.5. The Morgan fingerprint density at radius 3 is 2.79 bits per heavy atom. The van der Waals surface area contributed by atoms with E-state index in [1.807, 2.05) is 13.8 Å². The number of rotatable bonds is 2. The van der Waals surface area contributed by atoms with Crippen LogP contribution in [0.2, 0.25) is 5.02 Å². The van der Waals surface area contributed by atoms with Gasteiger partial charge in [0, 0.05) is 11.6 Å². The number of nitrogens with two attached hydrogens (primary N) is 1. The Labute approximate surface area is 88.4 Å². The van der Waals surface area contributed by atoms with Gasteiger partial charge in [0.25, 0.3) is 0 Å². The van der Waals surface area contributed by atoms with Gasteiger partial charge in [0.1, 0.15) is 5.82 Å². The largest absolute Gasteiger partial charge is 0.324 e. The molecular weight excluding hydrogens is 201 g/mol. The van der Waals surface area contributed by atoms with Crippen LogP contribution >= 0.6 is 11.6 Å². The van der Waals surface area contributed by atoms with E-state index in [2.05, 4.69) is 0 Å². The second-order valence-corrected chi connectivity index (χ2v) is 3.73. The molecule has 0 saturated carbocycles. The SMILES string of the molecule is C/C(=C\c1cccc(Cl)c1F)C(C)N. The third-order valence-corrected chi connectivity index (χ3v) is 2.37. The molecule has 0 aliphatic rings. The second-order valence-electron chi connectivity index (χ2n) is 3.32. The molecule has 1 nitrogen and oxygen atoms in total. The lowest BCUT2D eigenvalue weighted by Gasteiger charge is -2.06. The molecule has 1 aromatic rings. The first-order valence-corrected chi connectivity index (χ1v) is 4.78. The van der Waals surface area contributed by atoms with Crippen molar-refractivity contribution in [1.29, 1.82) is 0 Å². The number of hydrogen-bond acceptors (Lipinski definition) is 1. The normalized spacial score (nSPS) is 14.2. The molecule has 0 aliphatic carbocycles. The van der Waals surface area contributed by atoms with Gasteiger partial charge >= 0.3 is 0 Å². The standard InChI is InChI=1S/C11H13ClFN/c1-7(8(2)14)6-9-4-3-5-10(12)11(9)13/h3-6,8H,14H2,1-2H3/b7-6+. The number of hydrogen-bond donors (Lipinski definition) is 1. The Kier molecular flexibility index (Phi) is 3.67. The molecule has 3 heteroatoms. The molecular formula is C11H13ClFN. The van der Waals surface area contributed by atoms with Gasteiger partial charge in [-0.15, -0.1) is 0 Å². The van der Waals surface area contributed by atoms with Gasteiger partial charge in [-0.05, 0) is 19.9 Å². The van der Waals surface area contributed by atoms with Crippen LogP contribution in [0.3, 0.4) is 0 Å². The van der Waals surface area contributed by atoms with Crippen LogP contribution in [0.1, 0.15) is 19.4 Å². The van der Waals surface area contributed by atoms with E-state index in [1.54, 1.807) is 18.2 Å². The van der Waals surface area contributed by atoms with Crippen LogP contribution in [0.5, 0.6) is 0 Å². The van der Waals surface area contributed by atoms with E-state index in [-0.39, 0.29) is 11.1 Å². The molecule has 0 heterocycles. The molecule has 0 fully saturated rings. The molecule has 1 rings (SSSR count). The zero-order chi connectivity index (χ0) is 10.7. The Morgan fingerprint density at radius 2 is 2.21 bits per heavy atom. The van der Waals surface area contributed by atoms with Gasteiger partial charge in [-0.3, -0.25) is 0 Å². The van der Waals surface area contributed by atoms with Gasteiger partial charge in [0.2, 0.25) is 0 Å². The Bertz CT molecular complexity index is 358. The average Bonchev–Trinajstić information content (AvgIpc) is 2.12. The lowest BCUT2D eigenvalue weighted by molar-refractivity contribution is 0.625. The van der Waals surface area contributed by atoms with E-state index in [4.69, 9.17) is 17.3 Å². The fourth-order valence-corrected chi connectivity index (χ4v) is 1.19. The smallest absolute Gasteiger partial charge is 0.148 e. The molecule has 0 aromatic heterocycles. The quantitative estimate of drug-likeness (QED) is 0.802. The van der Waals surface area contributed by atoms with E-state index in [0.717, 1.165) is 5.57 Å². The van der Waals surface area contributed by atoms with Crippen molar-refractivity contribution in [3.63, 3.8) is 0 Å². The van der Waals surface area contributed by atoms with Crippen LogP contribution in [-0.2, 0) is 0 Å². The summed E-state index contributed by atoms with van der Waals surface area (Å²) in [7, 11) is 0. The van der Waals surface area contributed by atoms with Crippen molar-refractivity contribution in [3.8, 4) is 0 Å². The summed E-state index contributed by atoms with van der Waals surface area (Å²) in [6, 6.07) is 4.84. The lowest BCUT2D eigenvalue weighted by atomic mass is 10.1. The topological polar surface area (TPSA) is 26.0 Å². The van der Waals surface area contributed by atoms with E-state index in [0.29, 0.717) is 5.56 Å². The van der Waals surface area contributed by atoms with Crippen molar-refractivity contribution < 1.29 is 4.39 Å². The number of halogens is 2. The summed E-state index contributed by atoms with van der Waals surface area (Å²) < 4.78 is 13.4. The Morgan fingerprint density at radius 1 is 1.57 bits per heavy atom. The minimum absolute atomic E-state index is 0.0756. The maximum Gasteiger partial charge on any atom is 0.148 e. The monoisotopic (exact) mass is 213 g/mol. The molecule has 0 bridgehead atoms. The summed E-state index contributed by atoms with van der Waals surface area (Å²) in [6.45, 7) is 3.72. The van der Waals surface area contributed by atoms with Crippen molar-refractivity contribution in [2.75, 3.05) is 0 Å². The van der Waals surface area contributed by atoms with Crippen molar-refractivity contribution in [2.45, 2.75) is 19.9 Å². The maximum absolute atomic E-state index is 13.4. The highest BCUT2D eigenvalue weighted by molar-refractivity contribution is 6.30. The molecule has 0 aliphatic heterocycles. The van der Waals surface area contributed by atoms with Crippen LogP contribution in [-0.4, -0.2) is 6.04 Å². The van der Waals surface area contributed by atoms with Gasteiger partial charge in [0.05, 0.1) is 5.02 Å². The zero-order valence-corrected chi connectivity index (χ0v) is 8.98. The van der Waals surface area contributed by atoms with Gasteiger partial charge in [-0.25, -0.2) is 4.39 Å². The fourth-order valence-electron chi connectivity index (χ4n) is 1.01. The fraction of sp³-hybridized carbons (Fsp3) is 0.273. The van der Waals surface area contributed by atoms with Gasteiger partial charge in [-0.1, -0.05) is 35.4 Å². The summed E-state index contributed by atoms with van der Waals surface area (Å²) >= 11 is 5.64. The molecule has 2 N–H and O–H groups in total. The molecule has 14 heavy (non-hydrogen) atoms. The average molecular weight is 214 g/mol. The highest BCUT2D eigenvalue weighted by Crippen LogP contribution is 2.20. The number of benzene rings is 1. The maximum atomic E-state index is 13.4. The summed E-state index contributed by atoms with van der Waals surface area (Å²) in [5, 5.41) is 0.135. The van der Waals surface area contributed by atoms with Crippen LogP contribution in [0.4, 0.5) is 4.39 Å². The molecule has 0 amide bonds. The van der Waals surface area contributed by atoms with E-state index >= 15 is 0 Å². The van der Waals surface area contributed by atoms with Crippen LogP contribution in [0.15, 0.2) is 23.8 Å². The Balaban J connectivity index is 3.09. The summed E-state index contributed by atoms with van der Waals surface area (Å²) in [5.74, 6) is -0.394. The molecule has 0 radical (unpaired) electrons. The van der Waals surface area contributed by atoms with Crippen molar-refractivity contribution in [2.24, 2.45) is 5.73 Å². The summed E-state index contributed by atoms with van der Waals surface area (Å²) in [4.78, 5) is 0. The minimum atomic E-state index is -0.394.